The average Bonchev–Trinajstić information content (AvgIpc) is 2.68. The van der Waals surface area contributed by atoms with Crippen LogP contribution in [0.5, 0.6) is 0 Å². The van der Waals surface area contributed by atoms with Gasteiger partial charge in [0.1, 0.15) is 0 Å². The van der Waals surface area contributed by atoms with Crippen molar-refractivity contribution < 1.29 is 9.59 Å². The zero-order chi connectivity index (χ0) is 13.1. The first kappa shape index (κ1) is 13.0. The van der Waals surface area contributed by atoms with Crippen molar-refractivity contribution in [2.45, 2.75) is 33.1 Å². The van der Waals surface area contributed by atoms with Crippen LogP contribution in [0.1, 0.15) is 29.8 Å². The first-order valence-electron chi connectivity index (χ1n) is 6.12. The van der Waals surface area contributed by atoms with E-state index < -0.39 is 11.8 Å². The van der Waals surface area contributed by atoms with E-state index in [2.05, 4.69) is 10.3 Å². The molecule has 0 saturated carbocycles. The van der Waals surface area contributed by atoms with E-state index in [4.69, 9.17) is 0 Å². The SMILES string of the molecule is Cc1nc(NC(=O)C(=O)N2CCCCC2)sc1C. The third-order valence-corrected chi connectivity index (χ3v) is 4.07. The van der Waals surface area contributed by atoms with Gasteiger partial charge in [-0.15, -0.1) is 11.3 Å². The van der Waals surface area contributed by atoms with E-state index in [1.807, 2.05) is 13.8 Å². The molecule has 1 aromatic heterocycles. The number of nitrogens with zero attached hydrogens (tertiary/aromatic N) is 2. The molecule has 1 saturated heterocycles. The molecule has 0 radical (unpaired) electrons. The molecule has 98 valence electrons. The van der Waals surface area contributed by atoms with Crippen LogP contribution in [-0.4, -0.2) is 34.8 Å². The fourth-order valence-electron chi connectivity index (χ4n) is 1.92. The summed E-state index contributed by atoms with van der Waals surface area (Å²) in [6.07, 6.45) is 3.10. The second kappa shape index (κ2) is 5.48. The molecular formula is C12H17N3O2S. The Morgan fingerprint density at radius 1 is 1.22 bits per heavy atom. The van der Waals surface area contributed by atoms with Crippen molar-refractivity contribution in [2.75, 3.05) is 18.4 Å². The Balaban J connectivity index is 1.96. The third-order valence-electron chi connectivity index (χ3n) is 3.09. The standard InChI is InChI=1S/C12H17N3O2S/c1-8-9(2)18-12(13-8)14-10(16)11(17)15-6-4-3-5-7-15/h3-7H2,1-2H3,(H,13,14,16). The maximum atomic E-state index is 11.9. The largest absolute Gasteiger partial charge is 0.334 e. The van der Waals surface area contributed by atoms with Gasteiger partial charge in [-0.25, -0.2) is 4.98 Å². The van der Waals surface area contributed by atoms with Crippen molar-refractivity contribution in [3.05, 3.63) is 10.6 Å². The number of carbonyl (C=O) groups is 2. The van der Waals surface area contributed by atoms with Gasteiger partial charge in [0.05, 0.1) is 5.69 Å². The summed E-state index contributed by atoms with van der Waals surface area (Å²) < 4.78 is 0. The number of hydrogen-bond acceptors (Lipinski definition) is 4. The summed E-state index contributed by atoms with van der Waals surface area (Å²) in [4.78, 5) is 30.5. The lowest BCUT2D eigenvalue weighted by Gasteiger charge is -2.25. The second-order valence-electron chi connectivity index (χ2n) is 4.47. The summed E-state index contributed by atoms with van der Waals surface area (Å²) in [5.74, 6) is -1.02. The number of aromatic nitrogens is 1. The summed E-state index contributed by atoms with van der Waals surface area (Å²) in [5.41, 5.74) is 0.890. The van der Waals surface area contributed by atoms with E-state index in [0.29, 0.717) is 18.2 Å². The van der Waals surface area contributed by atoms with Crippen LogP contribution in [0.25, 0.3) is 0 Å². The van der Waals surface area contributed by atoms with Crippen LogP contribution in [-0.2, 0) is 9.59 Å². The van der Waals surface area contributed by atoms with Gasteiger partial charge in [0, 0.05) is 18.0 Å². The molecule has 0 aliphatic carbocycles. The number of thiazole rings is 1. The van der Waals surface area contributed by atoms with E-state index in [1.54, 1.807) is 4.90 Å². The molecule has 0 unspecified atom stereocenters. The van der Waals surface area contributed by atoms with Crippen LogP contribution in [0.3, 0.4) is 0 Å². The topological polar surface area (TPSA) is 62.3 Å². The Bertz CT molecular complexity index is 444. The van der Waals surface area contributed by atoms with Crippen molar-refractivity contribution in [3.63, 3.8) is 0 Å². The molecule has 1 aliphatic rings. The predicted octanol–water partition coefficient (Wildman–Crippen LogP) is 1.71. The Labute approximate surface area is 110 Å². The third kappa shape index (κ3) is 2.87. The van der Waals surface area contributed by atoms with Crippen LogP contribution in [0, 0.1) is 13.8 Å². The van der Waals surface area contributed by atoms with Crippen LogP contribution in [0.15, 0.2) is 0 Å². The van der Waals surface area contributed by atoms with Crippen molar-refractivity contribution in [1.82, 2.24) is 9.88 Å². The molecule has 6 heteroatoms. The number of anilines is 1. The number of amides is 2. The van der Waals surface area contributed by atoms with Gasteiger partial charge < -0.3 is 4.90 Å². The fourth-order valence-corrected chi connectivity index (χ4v) is 2.73. The van der Waals surface area contributed by atoms with Gasteiger partial charge in [0.25, 0.3) is 0 Å². The minimum atomic E-state index is -0.578. The van der Waals surface area contributed by atoms with Gasteiger partial charge in [-0.1, -0.05) is 0 Å². The number of hydrogen-bond donors (Lipinski definition) is 1. The van der Waals surface area contributed by atoms with E-state index in [9.17, 15) is 9.59 Å². The molecule has 2 amide bonds. The molecule has 2 rings (SSSR count). The maximum absolute atomic E-state index is 11.9. The Morgan fingerprint density at radius 2 is 1.89 bits per heavy atom. The number of piperidine rings is 1. The minimum absolute atomic E-state index is 0.444. The Morgan fingerprint density at radius 3 is 2.44 bits per heavy atom. The second-order valence-corrected chi connectivity index (χ2v) is 5.67. The zero-order valence-electron chi connectivity index (χ0n) is 10.7. The van der Waals surface area contributed by atoms with E-state index in [0.717, 1.165) is 29.8 Å². The summed E-state index contributed by atoms with van der Waals surface area (Å²) in [5, 5.41) is 3.08. The van der Waals surface area contributed by atoms with Gasteiger partial charge in [-0.05, 0) is 33.1 Å². The average molecular weight is 267 g/mol. The fraction of sp³-hybridized carbons (Fsp3) is 0.583. The molecule has 5 nitrogen and oxygen atoms in total. The molecule has 0 atom stereocenters. The normalized spacial score (nSPS) is 15.6. The van der Waals surface area contributed by atoms with Crippen LogP contribution in [0.4, 0.5) is 5.13 Å². The lowest BCUT2D eigenvalue weighted by Crippen LogP contribution is -2.42. The zero-order valence-corrected chi connectivity index (χ0v) is 11.5. The van der Waals surface area contributed by atoms with Gasteiger partial charge in [0.15, 0.2) is 5.13 Å². The summed E-state index contributed by atoms with van der Waals surface area (Å²) in [6.45, 7) is 5.19. The maximum Gasteiger partial charge on any atom is 0.315 e. The molecule has 0 aromatic carbocycles. The number of aryl methyl sites for hydroxylation is 2. The monoisotopic (exact) mass is 267 g/mol. The highest BCUT2D eigenvalue weighted by molar-refractivity contribution is 7.15. The molecule has 1 N–H and O–H groups in total. The number of rotatable bonds is 1. The molecule has 18 heavy (non-hydrogen) atoms. The number of likely N-dealkylation sites (tertiary alicyclic amines) is 1. The predicted molar refractivity (Wildman–Crippen MR) is 70.6 cm³/mol. The highest BCUT2D eigenvalue weighted by Crippen LogP contribution is 2.21. The first-order valence-corrected chi connectivity index (χ1v) is 6.94. The smallest absolute Gasteiger partial charge is 0.315 e. The lowest BCUT2D eigenvalue weighted by atomic mass is 10.1. The van der Waals surface area contributed by atoms with Gasteiger partial charge in [0.2, 0.25) is 0 Å². The van der Waals surface area contributed by atoms with E-state index in [1.165, 1.54) is 11.3 Å². The molecule has 1 aromatic rings. The number of carbonyl (C=O) groups excluding carboxylic acids is 2. The molecule has 1 aliphatic heterocycles. The minimum Gasteiger partial charge on any atom is -0.334 e. The van der Waals surface area contributed by atoms with Crippen molar-refractivity contribution in [3.8, 4) is 0 Å². The van der Waals surface area contributed by atoms with Crippen LogP contribution in [0.2, 0.25) is 0 Å². The van der Waals surface area contributed by atoms with Crippen LogP contribution >= 0.6 is 11.3 Å². The number of nitrogens with one attached hydrogen (secondary N) is 1. The van der Waals surface area contributed by atoms with E-state index >= 15 is 0 Å². The van der Waals surface area contributed by atoms with Gasteiger partial charge >= 0.3 is 11.8 Å². The molecule has 2 heterocycles. The Hall–Kier alpha value is -1.43. The molecule has 0 bridgehead atoms. The molecule has 1 fully saturated rings. The van der Waals surface area contributed by atoms with Gasteiger partial charge in [-0.3, -0.25) is 14.9 Å². The van der Waals surface area contributed by atoms with E-state index in [-0.39, 0.29) is 0 Å². The molecule has 0 spiro atoms. The Kier molecular flexibility index (Phi) is 3.96. The molecular weight excluding hydrogens is 250 g/mol. The summed E-state index contributed by atoms with van der Waals surface area (Å²) in [6, 6.07) is 0. The first-order chi connectivity index (χ1) is 8.58. The van der Waals surface area contributed by atoms with Crippen LogP contribution < -0.4 is 5.32 Å². The summed E-state index contributed by atoms with van der Waals surface area (Å²) >= 11 is 1.39. The van der Waals surface area contributed by atoms with Crippen molar-refractivity contribution in [2.24, 2.45) is 0 Å². The van der Waals surface area contributed by atoms with Crippen molar-refractivity contribution in [1.29, 1.82) is 0 Å². The summed E-state index contributed by atoms with van der Waals surface area (Å²) in [7, 11) is 0. The van der Waals surface area contributed by atoms with Gasteiger partial charge in [-0.2, -0.15) is 0 Å². The highest BCUT2D eigenvalue weighted by Gasteiger charge is 2.24. The highest BCUT2D eigenvalue weighted by atomic mass is 32.1. The quantitative estimate of drug-likeness (QED) is 0.788. The van der Waals surface area contributed by atoms with Crippen molar-refractivity contribution >= 4 is 28.3 Å². The lowest BCUT2D eigenvalue weighted by molar-refractivity contribution is -0.143.